The van der Waals surface area contributed by atoms with Gasteiger partial charge >= 0.3 is 0 Å². The number of pyridine rings is 1. The Kier molecular flexibility index (Phi) is 4.75. The fourth-order valence-corrected chi connectivity index (χ4v) is 2.67. The first-order valence-corrected chi connectivity index (χ1v) is 7.97. The minimum Gasteiger partial charge on any atom is -0.491 e. The van der Waals surface area contributed by atoms with Crippen LogP contribution in [0.4, 0.5) is 0 Å². The van der Waals surface area contributed by atoms with Gasteiger partial charge in [-0.15, -0.1) is 0 Å². The Hall–Kier alpha value is -2.88. The maximum atomic E-state index is 12.4. The van der Waals surface area contributed by atoms with Gasteiger partial charge < -0.3 is 10.1 Å². The van der Waals surface area contributed by atoms with Crippen LogP contribution in [0.5, 0.6) is 5.75 Å². The number of ether oxygens (including phenoxy) is 1. The van der Waals surface area contributed by atoms with Gasteiger partial charge in [-0.3, -0.25) is 9.78 Å². The lowest BCUT2D eigenvalue weighted by atomic mass is 10.1. The van der Waals surface area contributed by atoms with E-state index in [1.54, 1.807) is 12.3 Å². The van der Waals surface area contributed by atoms with E-state index in [0.717, 1.165) is 16.7 Å². The van der Waals surface area contributed by atoms with Crippen LogP contribution in [0, 0.1) is 13.8 Å². The summed E-state index contributed by atoms with van der Waals surface area (Å²) in [5.41, 5.74) is 3.60. The van der Waals surface area contributed by atoms with E-state index in [1.807, 2.05) is 43.3 Å². The molecule has 0 spiro atoms. The van der Waals surface area contributed by atoms with Crippen LogP contribution in [-0.4, -0.2) is 24.0 Å². The number of hydrogen-bond donors (Lipinski definition) is 1. The van der Waals surface area contributed by atoms with Crippen LogP contribution in [0.1, 0.15) is 21.5 Å². The number of fused-ring (bicyclic) bond motifs is 1. The fourth-order valence-electron chi connectivity index (χ4n) is 2.67. The monoisotopic (exact) mass is 320 g/mol. The van der Waals surface area contributed by atoms with E-state index in [1.165, 1.54) is 5.56 Å². The summed E-state index contributed by atoms with van der Waals surface area (Å²) < 4.78 is 5.74. The zero-order valence-electron chi connectivity index (χ0n) is 13.9. The molecule has 0 saturated carbocycles. The molecule has 0 aliphatic rings. The molecule has 3 rings (SSSR count). The molecule has 0 aliphatic carbocycles. The summed E-state index contributed by atoms with van der Waals surface area (Å²) in [4.78, 5) is 16.7. The summed E-state index contributed by atoms with van der Waals surface area (Å²) in [5, 5.41) is 3.84. The van der Waals surface area contributed by atoms with Gasteiger partial charge in [-0.25, -0.2) is 0 Å². The molecule has 122 valence electrons. The average molecular weight is 320 g/mol. The third-order valence-electron chi connectivity index (χ3n) is 3.85. The predicted octanol–water partition coefficient (Wildman–Crippen LogP) is 3.66. The van der Waals surface area contributed by atoms with Crippen LogP contribution in [0.25, 0.3) is 10.9 Å². The molecule has 0 atom stereocenters. The van der Waals surface area contributed by atoms with Crippen LogP contribution < -0.4 is 10.1 Å². The van der Waals surface area contributed by atoms with Crippen LogP contribution in [-0.2, 0) is 0 Å². The Labute approximate surface area is 141 Å². The standard InChI is InChI=1S/C20H20N2O2/c1-14-8-9-18(15(2)13-14)24-12-11-22-20(23)17-7-3-5-16-6-4-10-21-19(16)17/h3-10,13H,11-12H2,1-2H3,(H,22,23). The first-order valence-electron chi connectivity index (χ1n) is 7.97. The molecule has 0 fully saturated rings. The van der Waals surface area contributed by atoms with Gasteiger partial charge in [0.1, 0.15) is 12.4 Å². The number of nitrogens with zero attached hydrogens (tertiary/aromatic N) is 1. The van der Waals surface area contributed by atoms with Gasteiger partial charge in [-0.05, 0) is 37.6 Å². The smallest absolute Gasteiger partial charge is 0.253 e. The Bertz CT molecular complexity index is 869. The normalized spacial score (nSPS) is 10.6. The average Bonchev–Trinajstić information content (AvgIpc) is 2.59. The Balaban J connectivity index is 1.59. The highest BCUT2D eigenvalue weighted by atomic mass is 16.5. The quantitative estimate of drug-likeness (QED) is 0.730. The largest absolute Gasteiger partial charge is 0.491 e. The van der Waals surface area contributed by atoms with E-state index in [-0.39, 0.29) is 5.91 Å². The molecule has 4 heteroatoms. The first kappa shape index (κ1) is 16.0. The Morgan fingerprint density at radius 1 is 1.12 bits per heavy atom. The number of rotatable bonds is 5. The maximum absolute atomic E-state index is 12.4. The maximum Gasteiger partial charge on any atom is 0.253 e. The number of amides is 1. The topological polar surface area (TPSA) is 51.2 Å². The summed E-state index contributed by atoms with van der Waals surface area (Å²) in [5.74, 6) is 0.713. The zero-order valence-corrected chi connectivity index (χ0v) is 13.9. The molecule has 0 saturated heterocycles. The molecular weight excluding hydrogens is 300 g/mol. The molecule has 0 aliphatic heterocycles. The van der Waals surface area contributed by atoms with Gasteiger partial charge in [0.25, 0.3) is 5.91 Å². The van der Waals surface area contributed by atoms with Gasteiger partial charge in [0.05, 0.1) is 17.6 Å². The van der Waals surface area contributed by atoms with Gasteiger partial charge in [0, 0.05) is 11.6 Å². The predicted molar refractivity (Wildman–Crippen MR) is 95.5 cm³/mol. The van der Waals surface area contributed by atoms with Crippen LogP contribution >= 0.6 is 0 Å². The first-order chi connectivity index (χ1) is 11.6. The number of aryl methyl sites for hydroxylation is 2. The van der Waals surface area contributed by atoms with E-state index < -0.39 is 0 Å². The molecule has 0 unspecified atom stereocenters. The van der Waals surface area contributed by atoms with Crippen molar-refractivity contribution in [1.82, 2.24) is 10.3 Å². The van der Waals surface area contributed by atoms with Crippen molar-refractivity contribution in [3.8, 4) is 5.75 Å². The highest BCUT2D eigenvalue weighted by Gasteiger charge is 2.10. The zero-order chi connectivity index (χ0) is 16.9. The molecule has 1 N–H and O–H groups in total. The lowest BCUT2D eigenvalue weighted by Gasteiger charge is -2.11. The van der Waals surface area contributed by atoms with Crippen LogP contribution in [0.15, 0.2) is 54.7 Å². The third-order valence-corrected chi connectivity index (χ3v) is 3.85. The molecule has 0 bridgehead atoms. The second kappa shape index (κ2) is 7.13. The molecule has 1 heterocycles. The van der Waals surface area contributed by atoms with Gasteiger partial charge in [0.15, 0.2) is 0 Å². The number of nitrogens with one attached hydrogen (secondary N) is 1. The van der Waals surface area contributed by atoms with Crippen molar-refractivity contribution >= 4 is 16.8 Å². The number of aromatic nitrogens is 1. The molecule has 0 radical (unpaired) electrons. The lowest BCUT2D eigenvalue weighted by Crippen LogP contribution is -2.28. The molecule has 1 amide bonds. The fraction of sp³-hybridized carbons (Fsp3) is 0.200. The number of carbonyl (C=O) groups is 1. The van der Waals surface area contributed by atoms with Gasteiger partial charge in [-0.2, -0.15) is 0 Å². The SMILES string of the molecule is Cc1ccc(OCCNC(=O)c2cccc3cccnc23)c(C)c1. The van der Waals surface area contributed by atoms with Gasteiger partial charge in [-0.1, -0.05) is 35.9 Å². The summed E-state index contributed by atoms with van der Waals surface area (Å²) in [6.45, 7) is 4.93. The number of hydrogen-bond acceptors (Lipinski definition) is 3. The Morgan fingerprint density at radius 2 is 1.96 bits per heavy atom. The van der Waals surface area contributed by atoms with Crippen LogP contribution in [0.3, 0.4) is 0 Å². The minimum atomic E-state index is -0.136. The van der Waals surface area contributed by atoms with E-state index >= 15 is 0 Å². The highest BCUT2D eigenvalue weighted by molar-refractivity contribution is 6.05. The van der Waals surface area contributed by atoms with E-state index in [9.17, 15) is 4.79 Å². The van der Waals surface area contributed by atoms with Crippen molar-refractivity contribution in [2.24, 2.45) is 0 Å². The summed E-state index contributed by atoms with van der Waals surface area (Å²) in [7, 11) is 0. The van der Waals surface area contributed by atoms with Crippen molar-refractivity contribution in [2.75, 3.05) is 13.2 Å². The summed E-state index contributed by atoms with van der Waals surface area (Å²) in [6.07, 6.45) is 1.70. The van der Waals surface area contributed by atoms with Crippen molar-refractivity contribution in [3.05, 3.63) is 71.4 Å². The van der Waals surface area contributed by atoms with Crippen molar-refractivity contribution in [2.45, 2.75) is 13.8 Å². The van der Waals surface area contributed by atoms with E-state index in [0.29, 0.717) is 24.2 Å². The summed E-state index contributed by atoms with van der Waals surface area (Å²) in [6, 6.07) is 15.5. The highest BCUT2D eigenvalue weighted by Crippen LogP contribution is 2.18. The lowest BCUT2D eigenvalue weighted by molar-refractivity contribution is 0.0948. The van der Waals surface area contributed by atoms with Crippen LogP contribution in [0.2, 0.25) is 0 Å². The molecular formula is C20H20N2O2. The minimum absolute atomic E-state index is 0.136. The molecule has 24 heavy (non-hydrogen) atoms. The molecule has 4 nitrogen and oxygen atoms in total. The Morgan fingerprint density at radius 3 is 2.79 bits per heavy atom. The van der Waals surface area contributed by atoms with Crippen molar-refractivity contribution in [3.63, 3.8) is 0 Å². The second-order valence-electron chi connectivity index (χ2n) is 5.75. The molecule has 2 aromatic carbocycles. The van der Waals surface area contributed by atoms with E-state index in [2.05, 4.69) is 23.3 Å². The number of benzene rings is 2. The third kappa shape index (κ3) is 3.54. The van der Waals surface area contributed by atoms with Crippen molar-refractivity contribution in [1.29, 1.82) is 0 Å². The number of para-hydroxylation sites is 1. The van der Waals surface area contributed by atoms with Gasteiger partial charge in [0.2, 0.25) is 0 Å². The molecule has 3 aromatic rings. The van der Waals surface area contributed by atoms with E-state index in [4.69, 9.17) is 4.74 Å². The van der Waals surface area contributed by atoms with Crippen molar-refractivity contribution < 1.29 is 9.53 Å². The second-order valence-corrected chi connectivity index (χ2v) is 5.75. The number of carbonyl (C=O) groups excluding carboxylic acids is 1. The molecule has 1 aromatic heterocycles. The summed E-state index contributed by atoms with van der Waals surface area (Å²) >= 11 is 0.